The Labute approximate surface area is 142 Å². The first-order chi connectivity index (χ1) is 12.1. The number of para-hydroxylation sites is 2. The molecule has 25 heavy (non-hydrogen) atoms. The molecule has 126 valence electrons. The minimum Gasteiger partial charge on any atom is -0.480 e. The Morgan fingerprint density at radius 1 is 1.16 bits per heavy atom. The van der Waals surface area contributed by atoms with Gasteiger partial charge < -0.3 is 10.1 Å². The standard InChI is InChI=1S/C18H15N3O4/c22-18(23)14-9-12-10-5-1-3-7-13(10)19-17(12)16(20-14)11-6-2-4-8-15(11)21(24)25/h1-8,14,16,19-20H,9H2,(H,22,23)/t14-,16?/m0/s1. The topological polar surface area (TPSA) is 108 Å². The third kappa shape index (κ3) is 2.45. The first-order valence-electron chi connectivity index (χ1n) is 7.88. The molecule has 3 aromatic rings. The van der Waals surface area contributed by atoms with E-state index in [4.69, 9.17) is 0 Å². The second-order valence-corrected chi connectivity index (χ2v) is 6.07. The number of nitro groups is 1. The number of aromatic nitrogens is 1. The molecule has 0 fully saturated rings. The Bertz CT molecular complexity index is 995. The number of fused-ring (bicyclic) bond motifs is 3. The quantitative estimate of drug-likeness (QED) is 0.503. The monoisotopic (exact) mass is 337 g/mol. The molecule has 1 aliphatic rings. The van der Waals surface area contributed by atoms with Crippen LogP contribution in [0.1, 0.15) is 22.9 Å². The van der Waals surface area contributed by atoms with E-state index in [-0.39, 0.29) is 5.69 Å². The summed E-state index contributed by atoms with van der Waals surface area (Å²) in [5, 5.41) is 24.9. The molecule has 0 radical (unpaired) electrons. The van der Waals surface area contributed by atoms with Gasteiger partial charge in [0.05, 0.1) is 16.5 Å². The van der Waals surface area contributed by atoms with Gasteiger partial charge in [-0.1, -0.05) is 36.4 Å². The van der Waals surface area contributed by atoms with Crippen LogP contribution in [0, 0.1) is 10.1 Å². The fourth-order valence-corrected chi connectivity index (χ4v) is 3.54. The number of carbonyl (C=O) groups is 1. The molecule has 0 saturated heterocycles. The van der Waals surface area contributed by atoms with Crippen LogP contribution in [0.25, 0.3) is 10.9 Å². The van der Waals surface area contributed by atoms with Crippen LogP contribution in [0.4, 0.5) is 5.69 Å². The molecule has 0 saturated carbocycles. The average molecular weight is 337 g/mol. The van der Waals surface area contributed by atoms with Crippen LogP contribution in [-0.2, 0) is 11.2 Å². The summed E-state index contributed by atoms with van der Waals surface area (Å²) in [7, 11) is 0. The van der Waals surface area contributed by atoms with Crippen molar-refractivity contribution in [3.05, 3.63) is 75.5 Å². The zero-order valence-corrected chi connectivity index (χ0v) is 13.1. The highest BCUT2D eigenvalue weighted by Crippen LogP contribution is 2.38. The van der Waals surface area contributed by atoms with Crippen molar-refractivity contribution < 1.29 is 14.8 Å². The molecule has 1 unspecified atom stereocenters. The Morgan fingerprint density at radius 3 is 2.64 bits per heavy atom. The number of aliphatic carboxylic acids is 1. The largest absolute Gasteiger partial charge is 0.480 e. The summed E-state index contributed by atoms with van der Waals surface area (Å²) in [6.45, 7) is 0. The predicted octanol–water partition coefficient (Wildman–Crippen LogP) is 2.76. The lowest BCUT2D eigenvalue weighted by molar-refractivity contribution is -0.385. The van der Waals surface area contributed by atoms with E-state index < -0.39 is 23.0 Å². The van der Waals surface area contributed by atoms with Crippen LogP contribution >= 0.6 is 0 Å². The molecular weight excluding hydrogens is 322 g/mol. The second kappa shape index (κ2) is 5.71. The van der Waals surface area contributed by atoms with Crippen molar-refractivity contribution in [3.63, 3.8) is 0 Å². The summed E-state index contributed by atoms with van der Waals surface area (Å²) >= 11 is 0. The van der Waals surface area contributed by atoms with E-state index in [1.165, 1.54) is 6.07 Å². The lowest BCUT2D eigenvalue weighted by atomic mass is 9.89. The number of benzene rings is 2. The lowest BCUT2D eigenvalue weighted by Crippen LogP contribution is -2.45. The second-order valence-electron chi connectivity index (χ2n) is 6.07. The molecule has 7 heteroatoms. The minimum absolute atomic E-state index is 0.0318. The SMILES string of the molecule is O=C(O)[C@@H]1Cc2c([nH]c3ccccc23)C(c2ccccc2[N+](=O)[O-])N1. The molecule has 0 bridgehead atoms. The number of nitrogens with zero attached hydrogens (tertiary/aromatic N) is 1. The Morgan fingerprint density at radius 2 is 1.88 bits per heavy atom. The maximum absolute atomic E-state index is 11.6. The van der Waals surface area contributed by atoms with Crippen molar-refractivity contribution in [1.82, 2.24) is 10.3 Å². The van der Waals surface area contributed by atoms with Gasteiger partial charge in [-0.15, -0.1) is 0 Å². The zero-order valence-electron chi connectivity index (χ0n) is 13.1. The number of carboxylic acid groups (broad SMARTS) is 1. The number of carboxylic acids is 1. The van der Waals surface area contributed by atoms with Crippen LogP contribution in [-0.4, -0.2) is 27.0 Å². The number of nitro benzene ring substituents is 1. The molecule has 7 nitrogen and oxygen atoms in total. The van der Waals surface area contributed by atoms with Gasteiger partial charge in [0.2, 0.25) is 0 Å². The van der Waals surface area contributed by atoms with Gasteiger partial charge >= 0.3 is 5.97 Å². The van der Waals surface area contributed by atoms with E-state index >= 15 is 0 Å². The Kier molecular flexibility index (Phi) is 3.51. The average Bonchev–Trinajstić information content (AvgIpc) is 2.99. The van der Waals surface area contributed by atoms with E-state index in [1.54, 1.807) is 18.2 Å². The summed E-state index contributed by atoms with van der Waals surface area (Å²) < 4.78 is 0. The van der Waals surface area contributed by atoms with E-state index in [1.807, 2.05) is 24.3 Å². The summed E-state index contributed by atoms with van der Waals surface area (Å²) in [5.41, 5.74) is 2.99. The smallest absolute Gasteiger partial charge is 0.321 e. The molecule has 4 rings (SSSR count). The van der Waals surface area contributed by atoms with E-state index in [9.17, 15) is 20.0 Å². The van der Waals surface area contributed by atoms with Crippen LogP contribution in [0.15, 0.2) is 48.5 Å². The molecule has 1 aromatic heterocycles. The van der Waals surface area contributed by atoms with Gasteiger partial charge in [-0.3, -0.25) is 20.2 Å². The third-order valence-corrected chi connectivity index (χ3v) is 4.65. The maximum atomic E-state index is 11.6. The Hall–Kier alpha value is -3.19. The first-order valence-corrected chi connectivity index (χ1v) is 7.88. The van der Waals surface area contributed by atoms with E-state index in [0.29, 0.717) is 12.0 Å². The molecule has 2 aromatic carbocycles. The summed E-state index contributed by atoms with van der Waals surface area (Å²) in [6.07, 6.45) is 0.325. The van der Waals surface area contributed by atoms with Crippen molar-refractivity contribution in [2.24, 2.45) is 0 Å². The van der Waals surface area contributed by atoms with Crippen LogP contribution < -0.4 is 5.32 Å². The van der Waals surface area contributed by atoms with Gasteiger partial charge in [-0.05, 0) is 11.6 Å². The van der Waals surface area contributed by atoms with Crippen LogP contribution in [0.5, 0.6) is 0 Å². The van der Waals surface area contributed by atoms with Crippen LogP contribution in [0.3, 0.4) is 0 Å². The minimum atomic E-state index is -0.973. The number of aromatic amines is 1. The molecule has 2 heterocycles. The zero-order chi connectivity index (χ0) is 17.6. The normalized spacial score (nSPS) is 19.5. The van der Waals surface area contributed by atoms with Gasteiger partial charge in [0.15, 0.2) is 0 Å². The van der Waals surface area contributed by atoms with Crippen molar-refractivity contribution in [2.75, 3.05) is 0 Å². The lowest BCUT2D eigenvalue weighted by Gasteiger charge is -2.29. The highest BCUT2D eigenvalue weighted by atomic mass is 16.6. The van der Waals surface area contributed by atoms with Crippen molar-refractivity contribution in [2.45, 2.75) is 18.5 Å². The molecule has 0 amide bonds. The van der Waals surface area contributed by atoms with E-state index in [2.05, 4.69) is 10.3 Å². The fourth-order valence-electron chi connectivity index (χ4n) is 3.54. The molecule has 3 N–H and O–H groups in total. The number of hydrogen-bond donors (Lipinski definition) is 3. The fraction of sp³-hybridized carbons (Fsp3) is 0.167. The van der Waals surface area contributed by atoms with Crippen molar-refractivity contribution in [1.29, 1.82) is 0 Å². The van der Waals surface area contributed by atoms with Crippen LogP contribution in [0.2, 0.25) is 0 Å². The molecule has 0 spiro atoms. The molecular formula is C18H15N3O4. The summed E-state index contributed by atoms with van der Waals surface area (Å²) in [5.74, 6) is -0.973. The maximum Gasteiger partial charge on any atom is 0.321 e. The molecule has 1 aliphatic heterocycles. The Balaban J connectivity index is 1.94. The van der Waals surface area contributed by atoms with Gasteiger partial charge in [0, 0.05) is 29.1 Å². The highest BCUT2D eigenvalue weighted by molar-refractivity contribution is 5.87. The number of rotatable bonds is 3. The highest BCUT2D eigenvalue weighted by Gasteiger charge is 2.36. The van der Waals surface area contributed by atoms with Crippen molar-refractivity contribution >= 4 is 22.6 Å². The van der Waals surface area contributed by atoms with Gasteiger partial charge in [0.1, 0.15) is 6.04 Å². The van der Waals surface area contributed by atoms with Crippen molar-refractivity contribution in [3.8, 4) is 0 Å². The number of hydrogen-bond acceptors (Lipinski definition) is 4. The molecule has 2 atom stereocenters. The third-order valence-electron chi connectivity index (χ3n) is 4.65. The summed E-state index contributed by atoms with van der Waals surface area (Å²) in [6, 6.07) is 12.7. The van der Waals surface area contributed by atoms with Gasteiger partial charge in [-0.25, -0.2) is 0 Å². The molecule has 0 aliphatic carbocycles. The van der Waals surface area contributed by atoms with Gasteiger partial charge in [-0.2, -0.15) is 0 Å². The van der Waals surface area contributed by atoms with Gasteiger partial charge in [0.25, 0.3) is 5.69 Å². The predicted molar refractivity (Wildman–Crippen MR) is 91.5 cm³/mol. The number of H-pyrrole nitrogens is 1. The number of nitrogens with one attached hydrogen (secondary N) is 2. The first kappa shape index (κ1) is 15.3. The van der Waals surface area contributed by atoms with E-state index in [0.717, 1.165) is 22.2 Å². The summed E-state index contributed by atoms with van der Waals surface area (Å²) in [4.78, 5) is 25.9.